The number of carbonyl (C=O) groups is 2. The largest absolute Gasteiger partial charge is 0.504 e. The number of phenolic OH excluding ortho intramolecular Hbond substituents is 2. The number of esters is 2. The van der Waals surface area contributed by atoms with E-state index < -0.39 is 11.4 Å². The highest BCUT2D eigenvalue weighted by Gasteiger charge is 2.73. The summed E-state index contributed by atoms with van der Waals surface area (Å²) >= 11 is 0. The summed E-state index contributed by atoms with van der Waals surface area (Å²) in [5.41, 5.74) is 0.599. The Morgan fingerprint density at radius 3 is 2.36 bits per heavy atom. The number of carbonyl (C=O) groups excluding carboxylic acids is 2. The summed E-state index contributed by atoms with van der Waals surface area (Å²) in [7, 11) is 1.52. The molecule has 0 saturated heterocycles. The maximum atomic E-state index is 13.7. The Morgan fingerprint density at radius 1 is 0.936 bits per heavy atom. The second kappa shape index (κ2) is 11.7. The lowest BCUT2D eigenvalue weighted by atomic mass is 9.32. The maximum absolute atomic E-state index is 13.7. The molecule has 5 saturated carbocycles. The van der Waals surface area contributed by atoms with Crippen LogP contribution in [0.4, 0.5) is 0 Å². The van der Waals surface area contributed by atoms with Crippen LogP contribution >= 0.6 is 0 Å². The van der Waals surface area contributed by atoms with Gasteiger partial charge < -0.3 is 24.8 Å². The van der Waals surface area contributed by atoms with Crippen LogP contribution in [0.1, 0.15) is 104 Å². The lowest BCUT2D eigenvalue weighted by molar-refractivity contribution is -0.263. The summed E-state index contributed by atoms with van der Waals surface area (Å²) in [6.07, 6.45) is 11.8. The molecule has 0 bridgehead atoms. The summed E-state index contributed by atoms with van der Waals surface area (Å²) in [4.78, 5) is 27.2. The summed E-state index contributed by atoms with van der Waals surface area (Å²) in [6.45, 7) is 16.3. The summed E-state index contributed by atoms with van der Waals surface area (Å²) in [5, 5.41) is 30.7. The molecule has 1 aromatic rings. The van der Waals surface area contributed by atoms with Gasteiger partial charge in [0.05, 0.1) is 25.2 Å². The van der Waals surface area contributed by atoms with Crippen molar-refractivity contribution in [3.8, 4) is 11.5 Å². The molecular formula is C40H56O7. The Kier molecular flexibility index (Phi) is 8.46. The minimum absolute atomic E-state index is 0.0544. The van der Waals surface area contributed by atoms with Gasteiger partial charge >= 0.3 is 11.9 Å². The number of aliphatic hydroxyl groups excluding tert-OH is 1. The molecule has 5 aliphatic rings. The molecule has 0 radical (unpaired) electrons. The second-order valence-electron chi connectivity index (χ2n) is 17.1. The third-order valence-electron chi connectivity index (χ3n) is 15.2. The van der Waals surface area contributed by atoms with E-state index in [-0.39, 0.29) is 69.6 Å². The fourth-order valence-corrected chi connectivity index (χ4v) is 12.9. The fraction of sp³-hybridized carbons (Fsp3) is 0.700. The van der Waals surface area contributed by atoms with E-state index in [2.05, 4.69) is 41.2 Å². The fourth-order valence-electron chi connectivity index (χ4n) is 12.9. The van der Waals surface area contributed by atoms with Crippen LogP contribution in [0.15, 0.2) is 36.4 Å². The first-order valence-corrected chi connectivity index (χ1v) is 17.9. The van der Waals surface area contributed by atoms with E-state index in [1.165, 1.54) is 25.3 Å². The first-order valence-electron chi connectivity index (χ1n) is 17.9. The Bertz CT molecular complexity index is 1460. The number of phenols is 2. The SMILES string of the molecule is C=C(C)C1CC[C@]2(C(=O)OC)CC[C@]3(COC(=O)/C=C/c4ccc(O)c(O)c4)[C@H](CC[C@@H]4[C@@]5(C)CC[C@H](O)C(C)(C)[C@@H]5CC[C@]43C)C12. The lowest BCUT2D eigenvalue weighted by Gasteiger charge is -2.73. The Morgan fingerprint density at radius 2 is 1.68 bits per heavy atom. The molecule has 5 aliphatic carbocycles. The van der Waals surface area contributed by atoms with Crippen molar-refractivity contribution in [2.24, 2.45) is 56.7 Å². The van der Waals surface area contributed by atoms with Crippen molar-refractivity contribution in [3.63, 3.8) is 0 Å². The van der Waals surface area contributed by atoms with Crippen molar-refractivity contribution >= 4 is 18.0 Å². The Labute approximate surface area is 280 Å². The van der Waals surface area contributed by atoms with E-state index in [9.17, 15) is 24.9 Å². The molecule has 7 heteroatoms. The number of fused-ring (bicyclic) bond motifs is 7. The zero-order chi connectivity index (χ0) is 34.2. The van der Waals surface area contributed by atoms with Crippen LogP contribution in [-0.2, 0) is 19.1 Å². The molecule has 0 spiro atoms. The van der Waals surface area contributed by atoms with Gasteiger partial charge in [0, 0.05) is 11.5 Å². The van der Waals surface area contributed by atoms with Gasteiger partial charge in [0.1, 0.15) is 0 Å². The van der Waals surface area contributed by atoms with E-state index in [0.29, 0.717) is 17.4 Å². The van der Waals surface area contributed by atoms with Crippen molar-refractivity contribution in [1.82, 2.24) is 0 Å². The number of methoxy groups -OCH3 is 1. The molecule has 5 fully saturated rings. The molecule has 0 aromatic heterocycles. The molecule has 10 atom stereocenters. The van der Waals surface area contributed by atoms with Crippen LogP contribution in [0.25, 0.3) is 6.08 Å². The van der Waals surface area contributed by atoms with Gasteiger partial charge in [-0.3, -0.25) is 4.79 Å². The topological polar surface area (TPSA) is 113 Å². The molecule has 3 N–H and O–H groups in total. The van der Waals surface area contributed by atoms with E-state index in [1.54, 1.807) is 12.1 Å². The van der Waals surface area contributed by atoms with Crippen LogP contribution in [0.2, 0.25) is 0 Å². The third kappa shape index (κ3) is 4.91. The zero-order valence-electron chi connectivity index (χ0n) is 29.3. The van der Waals surface area contributed by atoms with E-state index in [1.807, 2.05) is 0 Å². The number of ether oxygens (including phenoxy) is 2. The van der Waals surface area contributed by atoms with Crippen LogP contribution in [-0.4, -0.2) is 47.1 Å². The molecule has 0 heterocycles. The number of hydrogen-bond acceptors (Lipinski definition) is 7. The Hall–Kier alpha value is -2.80. The van der Waals surface area contributed by atoms with Crippen molar-refractivity contribution in [1.29, 1.82) is 0 Å². The molecular weight excluding hydrogens is 592 g/mol. The van der Waals surface area contributed by atoms with E-state index in [4.69, 9.17) is 9.47 Å². The van der Waals surface area contributed by atoms with Crippen LogP contribution in [0.5, 0.6) is 11.5 Å². The first kappa shape index (κ1) is 34.1. The van der Waals surface area contributed by atoms with Crippen molar-refractivity contribution in [2.45, 2.75) is 105 Å². The van der Waals surface area contributed by atoms with Gasteiger partial charge in [-0.25, -0.2) is 4.79 Å². The van der Waals surface area contributed by atoms with Crippen molar-refractivity contribution in [3.05, 3.63) is 42.0 Å². The molecule has 6 rings (SSSR count). The third-order valence-corrected chi connectivity index (χ3v) is 15.2. The van der Waals surface area contributed by atoms with Gasteiger partial charge in [0.15, 0.2) is 11.5 Å². The minimum Gasteiger partial charge on any atom is -0.504 e. The van der Waals surface area contributed by atoms with Crippen LogP contribution < -0.4 is 0 Å². The van der Waals surface area contributed by atoms with Gasteiger partial charge in [-0.15, -0.1) is 0 Å². The zero-order valence-corrected chi connectivity index (χ0v) is 29.3. The van der Waals surface area contributed by atoms with Crippen LogP contribution in [0, 0.1) is 56.7 Å². The normalized spacial score (nSPS) is 42.0. The summed E-state index contributed by atoms with van der Waals surface area (Å²) in [5.74, 6) is 0.297. The van der Waals surface area contributed by atoms with Crippen molar-refractivity contribution in [2.75, 3.05) is 13.7 Å². The molecule has 2 unspecified atom stereocenters. The second-order valence-corrected chi connectivity index (χ2v) is 17.1. The Balaban J connectivity index is 1.40. The molecule has 0 aliphatic heterocycles. The highest BCUT2D eigenvalue weighted by molar-refractivity contribution is 5.87. The molecule has 0 amide bonds. The van der Waals surface area contributed by atoms with Gasteiger partial charge in [-0.05, 0) is 141 Å². The molecule has 1 aromatic carbocycles. The minimum atomic E-state index is -0.543. The molecule has 47 heavy (non-hydrogen) atoms. The number of allylic oxidation sites excluding steroid dienone is 1. The lowest BCUT2D eigenvalue weighted by Crippen LogP contribution is -2.69. The predicted octanol–water partition coefficient (Wildman–Crippen LogP) is 7.83. The van der Waals surface area contributed by atoms with Crippen LogP contribution in [0.3, 0.4) is 0 Å². The maximum Gasteiger partial charge on any atom is 0.330 e. The predicted molar refractivity (Wildman–Crippen MR) is 181 cm³/mol. The quantitative estimate of drug-likeness (QED) is 0.125. The number of benzene rings is 1. The summed E-state index contributed by atoms with van der Waals surface area (Å²) < 4.78 is 11.9. The van der Waals surface area contributed by atoms with Crippen molar-refractivity contribution < 1.29 is 34.4 Å². The number of aliphatic hydroxyl groups is 1. The smallest absolute Gasteiger partial charge is 0.330 e. The van der Waals surface area contributed by atoms with E-state index >= 15 is 0 Å². The number of hydrogen-bond donors (Lipinski definition) is 3. The first-order chi connectivity index (χ1) is 22.1. The van der Waals surface area contributed by atoms with Gasteiger partial charge in [0.2, 0.25) is 0 Å². The average Bonchev–Trinajstić information content (AvgIpc) is 3.43. The standard InChI is InChI=1S/C40H56O7/c1-24(2)26-14-19-39(35(45)46-7)20-21-40(23-47-33(44)13-9-25-8-11-28(41)29(42)22-25)27(34(26)39)10-12-31-37(5)17-16-32(43)36(3,4)30(37)15-18-38(31,40)6/h8-9,11,13,22,26-27,30-32,34,41-43H,1,10,12,14-21,23H2,2-7H3/b13-9+/t26?,27-,30+,31-,32+,34?,37+,38-,39+,40+/m1/s1. The summed E-state index contributed by atoms with van der Waals surface area (Å²) in [6, 6.07) is 4.44. The van der Waals surface area contributed by atoms with Gasteiger partial charge in [-0.2, -0.15) is 0 Å². The molecule has 7 nitrogen and oxygen atoms in total. The average molecular weight is 649 g/mol. The monoisotopic (exact) mass is 648 g/mol. The highest BCUT2D eigenvalue weighted by atomic mass is 16.5. The van der Waals surface area contributed by atoms with Gasteiger partial charge in [0.25, 0.3) is 0 Å². The van der Waals surface area contributed by atoms with Gasteiger partial charge in [-0.1, -0.05) is 45.9 Å². The van der Waals surface area contributed by atoms with E-state index in [0.717, 1.165) is 69.8 Å². The number of aromatic hydroxyl groups is 2. The molecule has 258 valence electrons. The number of rotatable bonds is 6. The highest BCUT2D eigenvalue weighted by Crippen LogP contribution is 2.77.